The molecule has 0 aromatic heterocycles. The Morgan fingerprint density at radius 3 is 2.65 bits per heavy atom. The smallest absolute Gasteiger partial charge is 0.395 e. The van der Waals surface area contributed by atoms with E-state index in [2.05, 4.69) is 5.32 Å². The topological polar surface area (TPSA) is 78.6 Å². The van der Waals surface area contributed by atoms with Crippen molar-refractivity contribution in [1.29, 1.82) is 0 Å². The number of nitrogens with one attached hydrogen (secondary N) is 1. The van der Waals surface area contributed by atoms with E-state index in [1.54, 1.807) is 24.3 Å². The Morgan fingerprint density at radius 2 is 2.10 bits per heavy atom. The molecule has 2 amide bonds. The maximum atomic E-state index is 12.3. The molecule has 5 nitrogen and oxygen atoms in total. The minimum absolute atomic E-state index is 0.257. The van der Waals surface area contributed by atoms with Gasteiger partial charge in [0.2, 0.25) is 0 Å². The molecule has 0 aliphatic carbocycles. The number of aliphatic hydroxyl groups excluding tert-OH is 1. The van der Waals surface area contributed by atoms with E-state index in [1.807, 2.05) is 0 Å². The van der Waals surface area contributed by atoms with Crippen LogP contribution in [0.15, 0.2) is 24.3 Å². The third kappa shape index (κ3) is 5.45. The lowest BCUT2D eigenvalue weighted by Crippen LogP contribution is -2.43. The van der Waals surface area contributed by atoms with Crippen molar-refractivity contribution in [2.45, 2.75) is 12.7 Å². The van der Waals surface area contributed by atoms with E-state index in [0.29, 0.717) is 10.6 Å². The first-order valence-electron chi connectivity index (χ1n) is 5.88. The van der Waals surface area contributed by atoms with Crippen LogP contribution in [0.2, 0.25) is 0 Å². The van der Waals surface area contributed by atoms with Gasteiger partial charge in [0, 0.05) is 18.8 Å². The number of alkyl halides is 3. The number of nitrogens with zero attached hydrogens (tertiary/aromatic N) is 1. The van der Waals surface area contributed by atoms with Crippen molar-refractivity contribution in [2.75, 3.05) is 25.0 Å². The molecule has 8 heteroatoms. The molecule has 112 valence electrons. The Morgan fingerprint density at radius 1 is 1.40 bits per heavy atom. The zero-order chi connectivity index (χ0) is 15.2. The van der Waals surface area contributed by atoms with Crippen LogP contribution in [0, 0.1) is 0 Å². The summed E-state index contributed by atoms with van der Waals surface area (Å²) in [6.45, 7) is -2.11. The summed E-state index contributed by atoms with van der Waals surface area (Å²) < 4.78 is 37.0. The summed E-state index contributed by atoms with van der Waals surface area (Å²) in [5.41, 5.74) is 6.53. The van der Waals surface area contributed by atoms with E-state index < -0.39 is 31.9 Å². The molecule has 0 heterocycles. The zero-order valence-electron chi connectivity index (χ0n) is 10.7. The number of carbonyl (C=O) groups is 1. The van der Waals surface area contributed by atoms with Crippen LogP contribution in [-0.2, 0) is 6.54 Å². The molecule has 1 rings (SSSR count). The first kappa shape index (κ1) is 16.3. The van der Waals surface area contributed by atoms with Crippen molar-refractivity contribution < 1.29 is 23.1 Å². The predicted molar refractivity (Wildman–Crippen MR) is 68.1 cm³/mol. The van der Waals surface area contributed by atoms with E-state index >= 15 is 0 Å². The predicted octanol–water partition coefficient (Wildman–Crippen LogP) is 1.53. The van der Waals surface area contributed by atoms with Gasteiger partial charge in [-0.1, -0.05) is 12.1 Å². The number of amides is 2. The van der Waals surface area contributed by atoms with Crippen LogP contribution in [0.25, 0.3) is 0 Å². The number of hydrogen-bond acceptors (Lipinski definition) is 3. The van der Waals surface area contributed by atoms with Crippen LogP contribution in [-0.4, -0.2) is 41.9 Å². The minimum atomic E-state index is -4.52. The van der Waals surface area contributed by atoms with Gasteiger partial charge in [0.1, 0.15) is 6.54 Å². The van der Waals surface area contributed by atoms with Gasteiger partial charge in [-0.15, -0.1) is 0 Å². The lowest BCUT2D eigenvalue weighted by atomic mass is 10.2. The first-order chi connectivity index (χ1) is 9.35. The number of rotatable bonds is 5. The molecular formula is C12H16F3N3O2. The summed E-state index contributed by atoms with van der Waals surface area (Å²) >= 11 is 0. The maximum absolute atomic E-state index is 12.3. The second kappa shape index (κ2) is 7.11. The molecular weight excluding hydrogens is 275 g/mol. The fourth-order valence-corrected chi connectivity index (χ4v) is 1.57. The highest BCUT2D eigenvalue weighted by Gasteiger charge is 2.32. The Hall–Kier alpha value is -1.80. The highest BCUT2D eigenvalue weighted by atomic mass is 19.4. The molecule has 0 fully saturated rings. The fourth-order valence-electron chi connectivity index (χ4n) is 1.57. The van der Waals surface area contributed by atoms with E-state index in [9.17, 15) is 18.0 Å². The normalized spacial score (nSPS) is 11.2. The lowest BCUT2D eigenvalue weighted by molar-refractivity contribution is -0.140. The highest BCUT2D eigenvalue weighted by Crippen LogP contribution is 2.17. The van der Waals surface area contributed by atoms with Gasteiger partial charge in [-0.2, -0.15) is 13.2 Å². The molecule has 0 aliphatic rings. The molecule has 0 bridgehead atoms. The number of urea groups is 1. The molecule has 0 radical (unpaired) electrons. The molecule has 0 unspecified atom stereocenters. The van der Waals surface area contributed by atoms with E-state index in [-0.39, 0.29) is 6.54 Å². The molecule has 4 N–H and O–H groups in total. The summed E-state index contributed by atoms with van der Waals surface area (Å²) in [4.78, 5) is 12.2. The molecule has 20 heavy (non-hydrogen) atoms. The summed E-state index contributed by atoms with van der Waals surface area (Å²) in [6.07, 6.45) is -4.52. The number of aliphatic hydroxyl groups is 1. The van der Waals surface area contributed by atoms with Crippen LogP contribution < -0.4 is 11.1 Å². The second-order valence-electron chi connectivity index (χ2n) is 4.09. The van der Waals surface area contributed by atoms with E-state index in [4.69, 9.17) is 10.8 Å². The molecule has 1 aromatic rings. The number of benzene rings is 1. The van der Waals surface area contributed by atoms with Gasteiger partial charge in [0.25, 0.3) is 0 Å². The molecule has 0 atom stereocenters. The summed E-state index contributed by atoms with van der Waals surface area (Å²) in [7, 11) is 0. The first-order valence-corrected chi connectivity index (χ1v) is 5.88. The maximum Gasteiger partial charge on any atom is 0.406 e. The Labute approximate surface area is 114 Å². The van der Waals surface area contributed by atoms with Gasteiger partial charge >= 0.3 is 12.2 Å². The molecule has 1 aromatic carbocycles. The average Bonchev–Trinajstić information content (AvgIpc) is 2.37. The van der Waals surface area contributed by atoms with Crippen molar-refractivity contribution in [3.8, 4) is 0 Å². The van der Waals surface area contributed by atoms with Gasteiger partial charge in [0.05, 0.1) is 6.61 Å². The summed E-state index contributed by atoms with van der Waals surface area (Å²) in [5.74, 6) is 0. The number of halogens is 3. The van der Waals surface area contributed by atoms with Crippen molar-refractivity contribution >= 4 is 11.7 Å². The minimum Gasteiger partial charge on any atom is -0.395 e. The van der Waals surface area contributed by atoms with Crippen LogP contribution in [0.3, 0.4) is 0 Å². The summed E-state index contributed by atoms with van der Waals surface area (Å²) in [5, 5.41) is 11.1. The molecule has 0 saturated heterocycles. The van der Waals surface area contributed by atoms with Gasteiger partial charge in [-0.3, -0.25) is 0 Å². The van der Waals surface area contributed by atoms with Crippen LogP contribution in [0.4, 0.5) is 23.7 Å². The third-order valence-electron chi connectivity index (χ3n) is 2.44. The van der Waals surface area contributed by atoms with Crippen molar-refractivity contribution in [3.63, 3.8) is 0 Å². The average molecular weight is 291 g/mol. The summed E-state index contributed by atoms with van der Waals surface area (Å²) in [6, 6.07) is 5.56. The van der Waals surface area contributed by atoms with Gasteiger partial charge in [-0.25, -0.2) is 4.79 Å². The number of hydrogen-bond donors (Lipinski definition) is 3. The molecule has 0 saturated carbocycles. The monoisotopic (exact) mass is 291 g/mol. The fraction of sp³-hybridized carbons (Fsp3) is 0.417. The van der Waals surface area contributed by atoms with E-state index in [1.165, 1.54) is 0 Å². The number of carbonyl (C=O) groups excluding carboxylic acids is 1. The molecule has 0 spiro atoms. The number of nitrogens with two attached hydrogens (primary N) is 1. The van der Waals surface area contributed by atoms with Crippen molar-refractivity contribution in [2.24, 2.45) is 5.73 Å². The van der Waals surface area contributed by atoms with Crippen LogP contribution in [0.1, 0.15) is 5.56 Å². The Kier molecular flexibility index (Phi) is 5.78. The van der Waals surface area contributed by atoms with Crippen LogP contribution >= 0.6 is 0 Å². The number of anilines is 1. The molecule has 0 aliphatic heterocycles. The highest BCUT2D eigenvalue weighted by molar-refractivity contribution is 5.89. The third-order valence-corrected chi connectivity index (χ3v) is 2.44. The van der Waals surface area contributed by atoms with E-state index in [0.717, 1.165) is 5.56 Å². The van der Waals surface area contributed by atoms with Crippen LogP contribution in [0.5, 0.6) is 0 Å². The van der Waals surface area contributed by atoms with Crippen molar-refractivity contribution in [3.05, 3.63) is 29.8 Å². The second-order valence-corrected chi connectivity index (χ2v) is 4.09. The largest absolute Gasteiger partial charge is 0.406 e. The Balaban J connectivity index is 2.74. The van der Waals surface area contributed by atoms with Gasteiger partial charge in [0.15, 0.2) is 0 Å². The standard InChI is InChI=1S/C12H16F3N3O2/c13-12(14,15)8-18(4-5-19)11(20)17-10-3-1-2-9(6-10)7-16/h1-3,6,19H,4-5,7-8,16H2,(H,17,20). The Bertz CT molecular complexity index is 452. The van der Waals surface area contributed by atoms with Crippen molar-refractivity contribution in [1.82, 2.24) is 4.90 Å². The quantitative estimate of drug-likeness (QED) is 0.770. The lowest BCUT2D eigenvalue weighted by Gasteiger charge is -2.23. The van der Waals surface area contributed by atoms with Gasteiger partial charge in [-0.05, 0) is 17.7 Å². The SMILES string of the molecule is NCc1cccc(NC(=O)N(CCO)CC(F)(F)F)c1. The zero-order valence-corrected chi connectivity index (χ0v) is 10.7. The van der Waals surface area contributed by atoms with Gasteiger partial charge < -0.3 is 21.1 Å².